The smallest absolute Gasteiger partial charge is 0.305 e. The summed E-state index contributed by atoms with van der Waals surface area (Å²) in [6.07, 6.45) is 21.2. The number of carbonyl (C=O) groups excluding carboxylic acids is 2. The maximum absolute atomic E-state index is 11.9. The number of hydrogen-bond acceptors (Lipinski definition) is 4. The minimum atomic E-state index is -0.0182. The van der Waals surface area contributed by atoms with Gasteiger partial charge in [-0.1, -0.05) is 105 Å². The summed E-state index contributed by atoms with van der Waals surface area (Å²) in [5, 5.41) is 0. The number of esters is 2. The fraction of sp³-hybridized carbons (Fsp3) is 0.935. The maximum Gasteiger partial charge on any atom is 0.305 e. The van der Waals surface area contributed by atoms with E-state index in [0.717, 1.165) is 56.8 Å². The summed E-state index contributed by atoms with van der Waals surface area (Å²) in [6, 6.07) is 0. The molecular formula is C31H60O4. The molecule has 0 aliphatic carbocycles. The van der Waals surface area contributed by atoms with Gasteiger partial charge < -0.3 is 9.47 Å². The topological polar surface area (TPSA) is 52.6 Å². The van der Waals surface area contributed by atoms with Crippen molar-refractivity contribution in [1.29, 1.82) is 0 Å². The maximum atomic E-state index is 11.9. The van der Waals surface area contributed by atoms with Crippen molar-refractivity contribution in [3.8, 4) is 0 Å². The Kier molecular flexibility index (Phi) is 23.9. The molecule has 0 aliphatic rings. The van der Waals surface area contributed by atoms with Crippen LogP contribution >= 0.6 is 0 Å². The van der Waals surface area contributed by atoms with Crippen molar-refractivity contribution in [3.05, 3.63) is 0 Å². The van der Waals surface area contributed by atoms with Gasteiger partial charge in [0.2, 0.25) is 0 Å². The average Bonchev–Trinajstić information content (AvgIpc) is 2.80. The Labute approximate surface area is 218 Å². The molecule has 0 spiro atoms. The van der Waals surface area contributed by atoms with Gasteiger partial charge in [0.25, 0.3) is 0 Å². The molecule has 0 rings (SSSR count). The molecule has 0 aromatic rings. The number of rotatable bonds is 25. The molecule has 208 valence electrons. The van der Waals surface area contributed by atoms with Crippen LogP contribution in [-0.2, 0) is 19.1 Å². The molecule has 0 bridgehead atoms. The average molecular weight is 497 g/mol. The Balaban J connectivity index is 3.35. The van der Waals surface area contributed by atoms with Crippen LogP contribution in [0.1, 0.15) is 157 Å². The van der Waals surface area contributed by atoms with Crippen molar-refractivity contribution in [3.63, 3.8) is 0 Å². The van der Waals surface area contributed by atoms with Gasteiger partial charge in [0.15, 0.2) is 0 Å². The zero-order chi connectivity index (χ0) is 26.2. The third-order valence-corrected chi connectivity index (χ3v) is 6.80. The molecule has 0 saturated heterocycles. The van der Waals surface area contributed by atoms with Crippen molar-refractivity contribution < 1.29 is 19.1 Å². The van der Waals surface area contributed by atoms with Gasteiger partial charge in [0.05, 0.1) is 13.2 Å². The van der Waals surface area contributed by atoms with Gasteiger partial charge in [0.1, 0.15) is 0 Å². The standard InChI is InChI=1S/C31H60O4/c1-27(2)19-15-17-25-34-30(32)22-14-12-10-8-6-7-9-11-13-21-29(5)23-24-31(33)35-26-18-16-20-28(3)4/h27-29H,6-26H2,1-5H3. The normalized spacial score (nSPS) is 12.3. The predicted molar refractivity (Wildman–Crippen MR) is 148 cm³/mol. The molecular weight excluding hydrogens is 436 g/mol. The molecule has 0 saturated carbocycles. The zero-order valence-corrected chi connectivity index (χ0v) is 24.2. The number of carbonyl (C=O) groups is 2. The lowest BCUT2D eigenvalue weighted by atomic mass is 9.97. The first-order valence-electron chi connectivity index (χ1n) is 15.1. The quantitative estimate of drug-likeness (QED) is 0.0932. The van der Waals surface area contributed by atoms with Gasteiger partial charge in [-0.3, -0.25) is 9.59 Å². The van der Waals surface area contributed by atoms with Gasteiger partial charge in [-0.2, -0.15) is 0 Å². The van der Waals surface area contributed by atoms with E-state index in [2.05, 4.69) is 34.6 Å². The fourth-order valence-corrected chi connectivity index (χ4v) is 4.33. The highest BCUT2D eigenvalue weighted by Gasteiger charge is 2.08. The molecule has 0 aliphatic heterocycles. The van der Waals surface area contributed by atoms with E-state index in [-0.39, 0.29) is 11.9 Å². The second kappa shape index (κ2) is 24.6. The van der Waals surface area contributed by atoms with Crippen LogP contribution in [0.15, 0.2) is 0 Å². The summed E-state index contributed by atoms with van der Waals surface area (Å²) >= 11 is 0. The van der Waals surface area contributed by atoms with Crippen LogP contribution in [0, 0.1) is 17.8 Å². The van der Waals surface area contributed by atoms with Crippen LogP contribution in [0.2, 0.25) is 0 Å². The minimum Gasteiger partial charge on any atom is -0.466 e. The Morgan fingerprint density at radius 3 is 1.34 bits per heavy atom. The molecule has 0 radical (unpaired) electrons. The van der Waals surface area contributed by atoms with Crippen LogP contribution in [0.4, 0.5) is 0 Å². The van der Waals surface area contributed by atoms with Crippen molar-refractivity contribution in [1.82, 2.24) is 0 Å². The lowest BCUT2D eigenvalue weighted by molar-refractivity contribution is -0.145. The van der Waals surface area contributed by atoms with Gasteiger partial charge in [-0.25, -0.2) is 0 Å². The van der Waals surface area contributed by atoms with Gasteiger partial charge in [-0.05, 0) is 56.3 Å². The molecule has 0 aromatic carbocycles. The number of ether oxygens (including phenoxy) is 2. The van der Waals surface area contributed by atoms with Gasteiger partial charge in [0, 0.05) is 12.8 Å². The Bertz CT molecular complexity index is 486. The van der Waals surface area contributed by atoms with E-state index in [1.807, 2.05) is 0 Å². The SMILES string of the molecule is CC(C)CCCCOC(=O)CCCCCCCCCCCC(C)CCC(=O)OCCCCC(C)C. The van der Waals surface area contributed by atoms with Crippen LogP contribution in [0.25, 0.3) is 0 Å². The minimum absolute atomic E-state index is 0.0160. The molecule has 4 heteroatoms. The van der Waals surface area contributed by atoms with Crippen molar-refractivity contribution in [2.24, 2.45) is 17.8 Å². The highest BCUT2D eigenvalue weighted by Crippen LogP contribution is 2.17. The van der Waals surface area contributed by atoms with E-state index in [4.69, 9.17) is 9.47 Å². The van der Waals surface area contributed by atoms with Crippen LogP contribution in [0.3, 0.4) is 0 Å². The lowest BCUT2D eigenvalue weighted by Crippen LogP contribution is -2.08. The summed E-state index contributed by atoms with van der Waals surface area (Å²) < 4.78 is 10.7. The molecule has 0 heterocycles. The molecule has 0 aromatic heterocycles. The third kappa shape index (κ3) is 27.4. The largest absolute Gasteiger partial charge is 0.466 e. The van der Waals surface area contributed by atoms with Gasteiger partial charge >= 0.3 is 11.9 Å². The molecule has 1 atom stereocenters. The Hall–Kier alpha value is -1.06. The highest BCUT2D eigenvalue weighted by atomic mass is 16.5. The molecule has 4 nitrogen and oxygen atoms in total. The fourth-order valence-electron chi connectivity index (χ4n) is 4.33. The van der Waals surface area contributed by atoms with E-state index in [1.165, 1.54) is 64.2 Å². The number of unbranched alkanes of at least 4 members (excludes halogenated alkanes) is 10. The van der Waals surface area contributed by atoms with E-state index in [9.17, 15) is 9.59 Å². The second-order valence-electron chi connectivity index (χ2n) is 11.6. The van der Waals surface area contributed by atoms with Crippen molar-refractivity contribution in [2.45, 2.75) is 157 Å². The Morgan fingerprint density at radius 1 is 0.457 bits per heavy atom. The highest BCUT2D eigenvalue weighted by molar-refractivity contribution is 5.69. The van der Waals surface area contributed by atoms with Gasteiger partial charge in [-0.15, -0.1) is 0 Å². The van der Waals surface area contributed by atoms with Crippen LogP contribution in [-0.4, -0.2) is 25.2 Å². The summed E-state index contributed by atoms with van der Waals surface area (Å²) in [4.78, 5) is 23.6. The summed E-state index contributed by atoms with van der Waals surface area (Å²) in [7, 11) is 0. The molecule has 35 heavy (non-hydrogen) atoms. The first-order valence-corrected chi connectivity index (χ1v) is 15.1. The summed E-state index contributed by atoms with van der Waals surface area (Å²) in [5.74, 6) is 2.04. The van der Waals surface area contributed by atoms with Crippen molar-refractivity contribution >= 4 is 11.9 Å². The Morgan fingerprint density at radius 2 is 0.857 bits per heavy atom. The monoisotopic (exact) mass is 496 g/mol. The third-order valence-electron chi connectivity index (χ3n) is 6.80. The molecule has 1 unspecified atom stereocenters. The van der Waals surface area contributed by atoms with E-state index >= 15 is 0 Å². The number of hydrogen-bond donors (Lipinski definition) is 0. The van der Waals surface area contributed by atoms with E-state index in [0.29, 0.717) is 32.0 Å². The zero-order valence-electron chi connectivity index (χ0n) is 24.2. The lowest BCUT2D eigenvalue weighted by Gasteiger charge is -2.11. The molecule has 0 amide bonds. The summed E-state index contributed by atoms with van der Waals surface area (Å²) in [6.45, 7) is 12.4. The first-order chi connectivity index (χ1) is 16.8. The van der Waals surface area contributed by atoms with E-state index in [1.54, 1.807) is 0 Å². The second-order valence-corrected chi connectivity index (χ2v) is 11.6. The van der Waals surface area contributed by atoms with Crippen LogP contribution in [0.5, 0.6) is 0 Å². The van der Waals surface area contributed by atoms with Crippen LogP contribution < -0.4 is 0 Å². The van der Waals surface area contributed by atoms with E-state index < -0.39 is 0 Å². The van der Waals surface area contributed by atoms with Crippen molar-refractivity contribution in [2.75, 3.05) is 13.2 Å². The summed E-state index contributed by atoms with van der Waals surface area (Å²) in [5.41, 5.74) is 0. The predicted octanol–water partition coefficient (Wildman–Crippen LogP) is 9.43. The molecule has 0 fully saturated rings. The first kappa shape index (κ1) is 33.9. The molecule has 0 N–H and O–H groups in total.